The highest BCUT2D eigenvalue weighted by atomic mass is 16.4. The fourth-order valence-electron chi connectivity index (χ4n) is 1.82. The Hall–Kier alpha value is -2.08. The maximum Gasteiger partial charge on any atom is 0.334 e. The molecule has 0 unspecified atom stereocenters. The third kappa shape index (κ3) is 2.60. The zero-order valence-corrected chi connectivity index (χ0v) is 9.64. The molecule has 4 N–H and O–H groups in total. The summed E-state index contributed by atoms with van der Waals surface area (Å²) in [5.74, 6) is -1.74. The van der Waals surface area contributed by atoms with Crippen molar-refractivity contribution in [1.29, 1.82) is 0 Å². The van der Waals surface area contributed by atoms with Crippen molar-refractivity contribution in [2.75, 3.05) is 18.4 Å². The number of amides is 1. The van der Waals surface area contributed by atoms with E-state index in [4.69, 9.17) is 10.2 Å². The van der Waals surface area contributed by atoms with Gasteiger partial charge < -0.3 is 20.8 Å². The van der Waals surface area contributed by atoms with Crippen LogP contribution in [0.4, 0.5) is 5.69 Å². The molecule has 1 atom stereocenters. The summed E-state index contributed by atoms with van der Waals surface area (Å²) in [7, 11) is 0. The molecule has 0 fully saturated rings. The van der Waals surface area contributed by atoms with Gasteiger partial charge in [-0.2, -0.15) is 0 Å². The van der Waals surface area contributed by atoms with E-state index in [9.17, 15) is 9.59 Å². The third-order valence-electron chi connectivity index (χ3n) is 2.82. The smallest absolute Gasteiger partial charge is 0.334 e. The molecule has 1 aromatic carbocycles. The van der Waals surface area contributed by atoms with Gasteiger partial charge in [-0.15, -0.1) is 0 Å². The first-order valence-corrected chi connectivity index (χ1v) is 5.64. The minimum Gasteiger partial charge on any atom is -0.479 e. The van der Waals surface area contributed by atoms with Crippen LogP contribution in [0.15, 0.2) is 18.2 Å². The molecule has 0 aromatic heterocycles. The van der Waals surface area contributed by atoms with Crippen LogP contribution in [0.2, 0.25) is 0 Å². The number of carbonyl (C=O) groups is 2. The summed E-state index contributed by atoms with van der Waals surface area (Å²) < 4.78 is 0. The van der Waals surface area contributed by atoms with Crippen molar-refractivity contribution in [3.63, 3.8) is 0 Å². The molecule has 0 spiro atoms. The van der Waals surface area contributed by atoms with Crippen LogP contribution in [0.3, 0.4) is 0 Å². The van der Waals surface area contributed by atoms with Gasteiger partial charge in [0.05, 0.1) is 6.54 Å². The van der Waals surface area contributed by atoms with Crippen molar-refractivity contribution < 1.29 is 19.8 Å². The standard InChI is InChI=1S/C12H14N2O4/c15-10(12(17)18)6-14-11(16)8-1-2-9-7(5-8)3-4-13-9/h1-2,5,10,13,15H,3-4,6H2,(H,14,16)(H,17,18)/t10-/m0/s1. The Balaban J connectivity index is 1.99. The first-order valence-electron chi connectivity index (χ1n) is 5.64. The van der Waals surface area contributed by atoms with Crippen LogP contribution >= 0.6 is 0 Å². The Bertz CT molecular complexity index is 487. The monoisotopic (exact) mass is 250 g/mol. The molecule has 0 aliphatic carbocycles. The van der Waals surface area contributed by atoms with Gasteiger partial charge in [0.1, 0.15) is 0 Å². The molecule has 18 heavy (non-hydrogen) atoms. The Morgan fingerprint density at radius 3 is 2.94 bits per heavy atom. The Morgan fingerprint density at radius 2 is 2.22 bits per heavy atom. The lowest BCUT2D eigenvalue weighted by Crippen LogP contribution is -2.36. The minimum atomic E-state index is -1.58. The molecule has 1 aliphatic rings. The summed E-state index contributed by atoms with van der Waals surface area (Å²) in [6.07, 6.45) is -0.709. The van der Waals surface area contributed by atoms with E-state index in [1.807, 2.05) is 6.07 Å². The molecule has 0 saturated heterocycles. The van der Waals surface area contributed by atoms with Gasteiger partial charge in [-0.25, -0.2) is 4.79 Å². The van der Waals surface area contributed by atoms with Crippen molar-refractivity contribution >= 4 is 17.6 Å². The summed E-state index contributed by atoms with van der Waals surface area (Å²) in [4.78, 5) is 22.1. The quantitative estimate of drug-likeness (QED) is 0.594. The number of aliphatic carboxylic acids is 1. The number of hydrogen-bond donors (Lipinski definition) is 4. The molecule has 96 valence electrons. The number of anilines is 1. The maximum absolute atomic E-state index is 11.7. The second-order valence-corrected chi connectivity index (χ2v) is 4.11. The summed E-state index contributed by atoms with van der Waals surface area (Å²) in [5, 5.41) is 23.1. The maximum atomic E-state index is 11.7. The number of aliphatic hydroxyl groups excluding tert-OH is 1. The number of aliphatic hydroxyl groups is 1. The fraction of sp³-hybridized carbons (Fsp3) is 0.333. The number of nitrogens with one attached hydrogen (secondary N) is 2. The molecule has 1 aromatic rings. The highest BCUT2D eigenvalue weighted by molar-refractivity contribution is 5.95. The molecular weight excluding hydrogens is 236 g/mol. The van der Waals surface area contributed by atoms with Crippen LogP contribution < -0.4 is 10.6 Å². The predicted molar refractivity (Wildman–Crippen MR) is 64.6 cm³/mol. The molecule has 2 rings (SSSR count). The van der Waals surface area contributed by atoms with E-state index in [1.54, 1.807) is 12.1 Å². The highest BCUT2D eigenvalue weighted by Crippen LogP contribution is 2.22. The molecule has 1 amide bonds. The topological polar surface area (TPSA) is 98.7 Å². The second-order valence-electron chi connectivity index (χ2n) is 4.11. The van der Waals surface area contributed by atoms with E-state index in [1.165, 1.54) is 0 Å². The number of rotatable bonds is 4. The largest absolute Gasteiger partial charge is 0.479 e. The second kappa shape index (κ2) is 5.05. The minimum absolute atomic E-state index is 0.302. The molecule has 0 radical (unpaired) electrons. The van der Waals surface area contributed by atoms with Crippen molar-refractivity contribution in [2.24, 2.45) is 0 Å². The average molecular weight is 250 g/mol. The zero-order valence-electron chi connectivity index (χ0n) is 9.64. The molecular formula is C12H14N2O4. The molecule has 6 nitrogen and oxygen atoms in total. The van der Waals surface area contributed by atoms with Crippen molar-refractivity contribution in [3.05, 3.63) is 29.3 Å². The van der Waals surface area contributed by atoms with Crippen LogP contribution in [0.1, 0.15) is 15.9 Å². The van der Waals surface area contributed by atoms with Gasteiger partial charge in [-0.3, -0.25) is 4.79 Å². The number of carbonyl (C=O) groups excluding carboxylic acids is 1. The third-order valence-corrected chi connectivity index (χ3v) is 2.82. The number of hydrogen-bond acceptors (Lipinski definition) is 4. The van der Waals surface area contributed by atoms with Crippen LogP contribution in [-0.2, 0) is 11.2 Å². The SMILES string of the molecule is O=C(NC[C@H](O)C(=O)O)c1ccc2c(c1)CCN2. The number of fused-ring (bicyclic) bond motifs is 1. The van der Waals surface area contributed by atoms with Crippen molar-refractivity contribution in [3.8, 4) is 0 Å². The fourth-order valence-corrected chi connectivity index (χ4v) is 1.82. The Labute approximate surface area is 104 Å². The highest BCUT2D eigenvalue weighted by Gasteiger charge is 2.16. The van der Waals surface area contributed by atoms with Gasteiger partial charge >= 0.3 is 5.97 Å². The van der Waals surface area contributed by atoms with E-state index in [0.29, 0.717) is 5.56 Å². The molecule has 0 bridgehead atoms. The number of benzene rings is 1. The first kappa shape index (κ1) is 12.4. The van der Waals surface area contributed by atoms with Crippen LogP contribution in [0, 0.1) is 0 Å². The van der Waals surface area contributed by atoms with E-state index in [-0.39, 0.29) is 12.5 Å². The molecule has 0 saturated carbocycles. The van der Waals surface area contributed by atoms with E-state index >= 15 is 0 Å². The zero-order chi connectivity index (χ0) is 13.1. The van der Waals surface area contributed by atoms with Crippen LogP contribution in [0.5, 0.6) is 0 Å². The Kier molecular flexibility index (Phi) is 3.47. The van der Waals surface area contributed by atoms with Gasteiger partial charge in [0, 0.05) is 17.8 Å². The molecule has 1 aliphatic heterocycles. The Morgan fingerprint density at radius 1 is 1.44 bits per heavy atom. The van der Waals surface area contributed by atoms with E-state index < -0.39 is 12.1 Å². The van der Waals surface area contributed by atoms with E-state index in [0.717, 1.165) is 24.2 Å². The van der Waals surface area contributed by atoms with Crippen molar-refractivity contribution in [2.45, 2.75) is 12.5 Å². The number of carboxylic acids is 1. The lowest BCUT2D eigenvalue weighted by atomic mass is 10.1. The normalized spacial score (nSPS) is 14.5. The van der Waals surface area contributed by atoms with Gasteiger partial charge in [-0.1, -0.05) is 0 Å². The van der Waals surface area contributed by atoms with Gasteiger partial charge in [0.25, 0.3) is 5.91 Å². The molecule has 6 heteroatoms. The summed E-state index contributed by atoms with van der Waals surface area (Å²) in [6.45, 7) is 0.557. The average Bonchev–Trinajstić information content (AvgIpc) is 2.82. The molecule has 1 heterocycles. The van der Waals surface area contributed by atoms with E-state index in [2.05, 4.69) is 10.6 Å². The predicted octanol–water partition coefficient (Wildman–Crippen LogP) is -0.170. The summed E-state index contributed by atoms with van der Waals surface area (Å²) >= 11 is 0. The van der Waals surface area contributed by atoms with Crippen LogP contribution in [-0.4, -0.2) is 41.3 Å². The van der Waals surface area contributed by atoms with Gasteiger partial charge in [0.15, 0.2) is 6.10 Å². The van der Waals surface area contributed by atoms with Crippen molar-refractivity contribution in [1.82, 2.24) is 5.32 Å². The summed E-state index contributed by atoms with van der Waals surface area (Å²) in [5.41, 5.74) is 2.56. The van der Waals surface area contributed by atoms with Gasteiger partial charge in [-0.05, 0) is 30.2 Å². The van der Waals surface area contributed by atoms with Crippen LogP contribution in [0.25, 0.3) is 0 Å². The number of carboxylic acid groups (broad SMARTS) is 1. The van der Waals surface area contributed by atoms with Gasteiger partial charge in [0.2, 0.25) is 0 Å². The summed E-state index contributed by atoms with van der Waals surface area (Å²) in [6, 6.07) is 5.27. The lowest BCUT2D eigenvalue weighted by Gasteiger charge is -2.08. The first-order chi connectivity index (χ1) is 8.58. The lowest BCUT2D eigenvalue weighted by molar-refractivity contribution is -0.146.